The highest BCUT2D eigenvalue weighted by atomic mass is 35.5. The number of fused-ring (bicyclic) bond motifs is 1. The first-order chi connectivity index (χ1) is 19.2. The van der Waals surface area contributed by atoms with Crippen molar-refractivity contribution in [3.8, 4) is 6.07 Å². The van der Waals surface area contributed by atoms with Crippen LogP contribution in [0, 0.1) is 16.7 Å². The summed E-state index contributed by atoms with van der Waals surface area (Å²) < 4.78 is 0. The van der Waals surface area contributed by atoms with E-state index in [1.807, 2.05) is 62.4 Å². The zero-order chi connectivity index (χ0) is 28.6. The van der Waals surface area contributed by atoms with Crippen LogP contribution in [0.25, 0.3) is 23.1 Å². The van der Waals surface area contributed by atoms with Gasteiger partial charge in [-0.05, 0) is 104 Å². The second-order valence-corrected chi connectivity index (χ2v) is 12.0. The number of hydrogen-bond acceptors (Lipinski definition) is 4. The Kier molecular flexibility index (Phi) is 10.1. The molecule has 0 spiro atoms. The molecule has 4 aromatic rings. The van der Waals surface area contributed by atoms with Crippen LogP contribution in [0.3, 0.4) is 0 Å². The monoisotopic (exact) mass is 568 g/mol. The van der Waals surface area contributed by atoms with Gasteiger partial charge in [0.05, 0.1) is 22.9 Å². The van der Waals surface area contributed by atoms with Crippen molar-refractivity contribution in [1.82, 2.24) is 4.98 Å². The first-order valence-corrected chi connectivity index (χ1v) is 14.8. The first kappa shape index (κ1) is 29.9. The number of aromatic nitrogens is 1. The molecule has 0 bridgehead atoms. The number of aryl methyl sites for hydroxylation is 2. The van der Waals surface area contributed by atoms with Crippen molar-refractivity contribution in [2.45, 2.75) is 58.0 Å². The fraction of sp³-hybridized carbons (Fsp3) is 0.314. The predicted octanol–water partition coefficient (Wildman–Crippen LogP) is 9.07. The van der Waals surface area contributed by atoms with Crippen LogP contribution < -0.4 is 0 Å². The standard InChI is InChI=1S/C29H28ClNO.C6H9NS/c1-29(2,32)27-12-4-3-10-23(27)11-6-9-21-7-5-8-22(19-21)13-17-26-18-15-24-14-16-25(30)20-28(24)31-26;7-4-3-6(5-8)1-2-6/h3-5,7-8,10,12-20,32H,6,9,11H2,1-2H3;8H,1-3,5H2/b17-13+;. The maximum Gasteiger partial charge on any atom is 0.0843 e. The van der Waals surface area contributed by atoms with Crippen LogP contribution in [-0.4, -0.2) is 15.8 Å². The van der Waals surface area contributed by atoms with Crippen LogP contribution in [0.4, 0.5) is 0 Å². The maximum absolute atomic E-state index is 10.4. The third-order valence-electron chi connectivity index (χ3n) is 7.41. The summed E-state index contributed by atoms with van der Waals surface area (Å²) in [5, 5.41) is 20.5. The number of halogens is 1. The lowest BCUT2D eigenvalue weighted by Gasteiger charge is -2.21. The number of nitrogens with zero attached hydrogens (tertiary/aromatic N) is 2. The van der Waals surface area contributed by atoms with Crippen molar-refractivity contribution in [3.05, 3.63) is 112 Å². The van der Waals surface area contributed by atoms with Crippen LogP contribution >= 0.6 is 24.2 Å². The van der Waals surface area contributed by atoms with Gasteiger partial charge in [0.2, 0.25) is 0 Å². The fourth-order valence-corrected chi connectivity index (χ4v) is 5.38. The average molecular weight is 569 g/mol. The molecule has 1 aromatic heterocycles. The highest BCUT2D eigenvalue weighted by molar-refractivity contribution is 7.80. The Labute approximate surface area is 249 Å². The molecular formula is C35H37ClN2OS. The predicted molar refractivity (Wildman–Crippen MR) is 172 cm³/mol. The summed E-state index contributed by atoms with van der Waals surface area (Å²) in [6.07, 6.45) is 10.3. The molecule has 0 radical (unpaired) electrons. The lowest BCUT2D eigenvalue weighted by molar-refractivity contribution is 0.0776. The second kappa shape index (κ2) is 13.5. The van der Waals surface area contributed by atoms with Gasteiger partial charge in [-0.3, -0.25) is 0 Å². The highest BCUT2D eigenvalue weighted by Gasteiger charge is 2.40. The third-order valence-corrected chi connectivity index (χ3v) is 8.31. The summed E-state index contributed by atoms with van der Waals surface area (Å²) in [5.41, 5.74) is 6.05. The lowest BCUT2D eigenvalue weighted by atomic mass is 9.90. The molecule has 1 heterocycles. The maximum atomic E-state index is 10.4. The molecule has 0 saturated heterocycles. The minimum absolute atomic E-state index is 0.345. The molecule has 0 atom stereocenters. The summed E-state index contributed by atoms with van der Waals surface area (Å²) in [6, 6.07) is 28.8. The van der Waals surface area contributed by atoms with Gasteiger partial charge in [-0.2, -0.15) is 17.9 Å². The Balaban J connectivity index is 0.000000398. The van der Waals surface area contributed by atoms with Crippen molar-refractivity contribution < 1.29 is 5.11 Å². The Morgan fingerprint density at radius 2 is 1.77 bits per heavy atom. The van der Waals surface area contributed by atoms with E-state index >= 15 is 0 Å². The van der Waals surface area contributed by atoms with E-state index in [4.69, 9.17) is 21.8 Å². The van der Waals surface area contributed by atoms with Crippen molar-refractivity contribution in [3.63, 3.8) is 0 Å². The van der Waals surface area contributed by atoms with E-state index < -0.39 is 5.60 Å². The number of hydrogen-bond donors (Lipinski definition) is 2. The van der Waals surface area contributed by atoms with Crippen molar-refractivity contribution >= 4 is 47.3 Å². The molecule has 40 heavy (non-hydrogen) atoms. The van der Waals surface area contributed by atoms with E-state index in [2.05, 4.69) is 61.2 Å². The topological polar surface area (TPSA) is 56.9 Å². The van der Waals surface area contributed by atoms with Crippen molar-refractivity contribution in [1.29, 1.82) is 5.26 Å². The normalized spacial score (nSPS) is 14.0. The van der Waals surface area contributed by atoms with Gasteiger partial charge in [0.1, 0.15) is 0 Å². The molecule has 1 aliphatic rings. The Morgan fingerprint density at radius 3 is 2.48 bits per heavy atom. The molecule has 0 unspecified atom stereocenters. The molecule has 3 aromatic carbocycles. The second-order valence-electron chi connectivity index (χ2n) is 11.2. The molecule has 0 aliphatic heterocycles. The summed E-state index contributed by atoms with van der Waals surface area (Å²) in [6.45, 7) is 3.70. The molecule has 1 fully saturated rings. The van der Waals surface area contributed by atoms with Crippen LogP contribution in [0.1, 0.15) is 67.5 Å². The van der Waals surface area contributed by atoms with Gasteiger partial charge in [0.15, 0.2) is 0 Å². The zero-order valence-corrected chi connectivity index (χ0v) is 24.9. The van der Waals surface area contributed by atoms with E-state index in [-0.39, 0.29) is 0 Å². The van der Waals surface area contributed by atoms with Gasteiger partial charge in [-0.25, -0.2) is 4.98 Å². The van der Waals surface area contributed by atoms with E-state index in [1.54, 1.807) is 0 Å². The molecule has 1 aliphatic carbocycles. The Bertz CT molecular complexity index is 1510. The van der Waals surface area contributed by atoms with Crippen LogP contribution in [0.2, 0.25) is 5.02 Å². The number of thiol groups is 1. The lowest BCUT2D eigenvalue weighted by Crippen LogP contribution is -2.18. The van der Waals surface area contributed by atoms with Crippen LogP contribution in [-0.2, 0) is 18.4 Å². The Morgan fingerprint density at radius 1 is 1.00 bits per heavy atom. The summed E-state index contributed by atoms with van der Waals surface area (Å²) >= 11 is 10.2. The summed E-state index contributed by atoms with van der Waals surface area (Å²) in [4.78, 5) is 4.69. The average Bonchev–Trinajstić information content (AvgIpc) is 3.72. The summed E-state index contributed by atoms with van der Waals surface area (Å²) in [7, 11) is 0. The quantitative estimate of drug-likeness (QED) is 0.198. The van der Waals surface area contributed by atoms with Gasteiger partial charge in [-0.15, -0.1) is 0 Å². The van der Waals surface area contributed by atoms with E-state index in [1.165, 1.54) is 24.0 Å². The molecular weight excluding hydrogens is 532 g/mol. The molecule has 1 N–H and O–H groups in total. The van der Waals surface area contributed by atoms with E-state index in [0.29, 0.717) is 16.9 Å². The van der Waals surface area contributed by atoms with Gasteiger partial charge in [0.25, 0.3) is 0 Å². The largest absolute Gasteiger partial charge is 0.386 e. The molecule has 206 valence electrons. The van der Waals surface area contributed by atoms with Gasteiger partial charge >= 0.3 is 0 Å². The van der Waals surface area contributed by atoms with Crippen molar-refractivity contribution in [2.75, 3.05) is 5.75 Å². The SMILES string of the molecule is CC(C)(O)c1ccccc1CCCc1cccc(/C=C/c2ccc3ccc(Cl)cc3n2)c1.N#CCC1(CS)CC1. The smallest absolute Gasteiger partial charge is 0.0843 e. The zero-order valence-electron chi connectivity index (χ0n) is 23.3. The van der Waals surface area contributed by atoms with Crippen LogP contribution in [0.5, 0.6) is 0 Å². The third kappa shape index (κ3) is 8.45. The van der Waals surface area contributed by atoms with E-state index in [0.717, 1.165) is 52.7 Å². The number of nitriles is 1. The van der Waals surface area contributed by atoms with Gasteiger partial charge in [0, 0.05) is 16.8 Å². The highest BCUT2D eigenvalue weighted by Crippen LogP contribution is 2.49. The first-order valence-electron chi connectivity index (χ1n) is 13.8. The molecule has 0 amide bonds. The summed E-state index contributed by atoms with van der Waals surface area (Å²) in [5.74, 6) is 0.889. The van der Waals surface area contributed by atoms with Crippen LogP contribution in [0.15, 0.2) is 78.9 Å². The fourth-order valence-electron chi connectivity index (χ4n) is 4.79. The number of aliphatic hydroxyl groups is 1. The molecule has 3 nitrogen and oxygen atoms in total. The van der Waals surface area contributed by atoms with E-state index in [9.17, 15) is 5.11 Å². The minimum atomic E-state index is -0.816. The van der Waals surface area contributed by atoms with Gasteiger partial charge < -0.3 is 5.11 Å². The Hall–Kier alpha value is -3.10. The number of rotatable bonds is 9. The number of pyridine rings is 1. The van der Waals surface area contributed by atoms with Crippen molar-refractivity contribution in [2.24, 2.45) is 5.41 Å². The number of benzene rings is 3. The minimum Gasteiger partial charge on any atom is -0.386 e. The molecule has 5 rings (SSSR count). The molecule has 5 heteroatoms. The van der Waals surface area contributed by atoms with Gasteiger partial charge in [-0.1, -0.05) is 78.3 Å². The molecule has 1 saturated carbocycles.